The second-order valence-corrected chi connectivity index (χ2v) is 14.6. The first-order valence-corrected chi connectivity index (χ1v) is 19.2. The fraction of sp³-hybridized carbons (Fsp3) is 0.304. The van der Waals surface area contributed by atoms with E-state index in [1.54, 1.807) is 97.1 Å². The number of nitrogens with one attached hydrogen (secondary N) is 2. The lowest BCUT2D eigenvalue weighted by atomic mass is 10.00. The molecule has 0 saturated carbocycles. The van der Waals surface area contributed by atoms with Crippen LogP contribution in [0.2, 0.25) is 0 Å². The van der Waals surface area contributed by atoms with Gasteiger partial charge in [0.25, 0.3) is 11.8 Å². The van der Waals surface area contributed by atoms with Crippen molar-refractivity contribution in [2.75, 3.05) is 13.2 Å². The zero-order valence-corrected chi connectivity index (χ0v) is 32.2. The average molecular weight is 789 g/mol. The minimum atomic E-state index is -2.02. The number of Topliss-reactive ketones (excluding diaryl/α,β-unsaturated/α-hetero) is 2. The summed E-state index contributed by atoms with van der Waals surface area (Å²) < 4.78 is 11.8. The zero-order valence-electron chi connectivity index (χ0n) is 32.2. The van der Waals surface area contributed by atoms with Gasteiger partial charge in [-0.3, -0.25) is 19.2 Å². The molecule has 4 aromatic rings. The molecule has 0 aliphatic heterocycles. The van der Waals surface area contributed by atoms with Crippen LogP contribution in [-0.4, -0.2) is 93.5 Å². The molecule has 6 rings (SSSR count). The summed E-state index contributed by atoms with van der Waals surface area (Å²) >= 11 is 0. The van der Waals surface area contributed by atoms with Crippen LogP contribution in [0.4, 0.5) is 0 Å². The van der Waals surface area contributed by atoms with Gasteiger partial charge in [0.1, 0.15) is 12.2 Å². The standard InChI is InChI=1S/C46H48N2O10/c1-27(49)31-19-15-29(16-20-31)9-7-23-57-43(45(55)47-37-25-33-11-3-5-13-35(33)39(37)51)41(53)42(54)44(58-24-8-10-30-17-21-32(22-18-30)28(2)50)46(56)48-38-26-34-12-4-6-14-36(34)40(38)52/h3-22,37-44,51-54H,23-26H2,1-2H3,(H,47,55)(H,48,56)/b9-7+,10-8+/t37-,38-,39+,40+,41+,42+,43+,44+/m0/s1. The van der Waals surface area contributed by atoms with E-state index in [9.17, 15) is 39.6 Å². The normalized spacial score (nSPS) is 20.6. The zero-order chi connectivity index (χ0) is 41.3. The molecule has 4 aromatic carbocycles. The highest BCUT2D eigenvalue weighted by Crippen LogP contribution is 2.32. The van der Waals surface area contributed by atoms with E-state index in [-0.39, 0.29) is 24.8 Å². The monoisotopic (exact) mass is 788 g/mol. The Morgan fingerprint density at radius 1 is 0.603 bits per heavy atom. The predicted molar refractivity (Wildman–Crippen MR) is 217 cm³/mol. The lowest BCUT2D eigenvalue weighted by Gasteiger charge is -2.32. The van der Waals surface area contributed by atoms with Crippen LogP contribution in [0.5, 0.6) is 0 Å². The van der Waals surface area contributed by atoms with Crippen molar-refractivity contribution >= 4 is 35.5 Å². The highest BCUT2D eigenvalue weighted by Gasteiger charge is 2.43. The number of carbonyl (C=O) groups excluding carboxylic acids is 4. The molecule has 0 spiro atoms. The molecular formula is C46H48N2O10. The molecule has 12 heteroatoms. The number of benzene rings is 4. The smallest absolute Gasteiger partial charge is 0.252 e. The minimum Gasteiger partial charge on any atom is -0.387 e. The van der Waals surface area contributed by atoms with Gasteiger partial charge in [-0.2, -0.15) is 0 Å². The third kappa shape index (κ3) is 10.1. The van der Waals surface area contributed by atoms with Crippen LogP contribution in [0.25, 0.3) is 12.2 Å². The number of ether oxygens (including phenoxy) is 2. The van der Waals surface area contributed by atoms with Gasteiger partial charge in [-0.15, -0.1) is 0 Å². The van der Waals surface area contributed by atoms with Gasteiger partial charge >= 0.3 is 0 Å². The Labute approximate surface area is 336 Å². The predicted octanol–water partition coefficient (Wildman–Crippen LogP) is 3.86. The quantitative estimate of drug-likeness (QED) is 0.0857. The molecule has 58 heavy (non-hydrogen) atoms. The number of aliphatic hydroxyl groups excluding tert-OH is 4. The largest absolute Gasteiger partial charge is 0.387 e. The molecule has 2 aliphatic rings. The minimum absolute atomic E-state index is 0.0762. The second kappa shape index (κ2) is 19.2. The maximum absolute atomic E-state index is 13.9. The van der Waals surface area contributed by atoms with Gasteiger partial charge in [-0.05, 0) is 60.1 Å². The molecule has 0 fully saturated rings. The number of ketones is 2. The lowest BCUT2D eigenvalue weighted by Crippen LogP contribution is -2.58. The molecule has 302 valence electrons. The fourth-order valence-electron chi connectivity index (χ4n) is 7.30. The highest BCUT2D eigenvalue weighted by atomic mass is 16.5. The summed E-state index contributed by atoms with van der Waals surface area (Å²) in [7, 11) is 0. The molecule has 8 atom stereocenters. The van der Waals surface area contributed by atoms with Crippen LogP contribution >= 0.6 is 0 Å². The van der Waals surface area contributed by atoms with Crippen LogP contribution < -0.4 is 10.6 Å². The Hall–Kier alpha value is -5.60. The van der Waals surface area contributed by atoms with Crippen LogP contribution in [0.1, 0.15) is 80.2 Å². The number of carbonyl (C=O) groups is 4. The third-order valence-electron chi connectivity index (χ3n) is 10.5. The molecule has 2 aliphatic carbocycles. The van der Waals surface area contributed by atoms with Crippen LogP contribution in [0.3, 0.4) is 0 Å². The van der Waals surface area contributed by atoms with Crippen LogP contribution in [-0.2, 0) is 31.9 Å². The fourth-order valence-corrected chi connectivity index (χ4v) is 7.30. The van der Waals surface area contributed by atoms with Gasteiger partial charge in [0.15, 0.2) is 23.8 Å². The first-order valence-electron chi connectivity index (χ1n) is 19.2. The Morgan fingerprint density at radius 3 is 1.31 bits per heavy atom. The van der Waals surface area contributed by atoms with Gasteiger partial charge in [0.2, 0.25) is 0 Å². The van der Waals surface area contributed by atoms with Gasteiger partial charge in [-0.25, -0.2) is 0 Å². The second-order valence-electron chi connectivity index (χ2n) is 14.6. The molecule has 2 amide bonds. The molecule has 0 unspecified atom stereocenters. The first-order chi connectivity index (χ1) is 27.9. The molecule has 12 nitrogen and oxygen atoms in total. The summed E-state index contributed by atoms with van der Waals surface area (Å²) in [6, 6.07) is 26.6. The van der Waals surface area contributed by atoms with Gasteiger partial charge < -0.3 is 40.5 Å². The molecule has 0 bridgehead atoms. The molecule has 0 saturated heterocycles. The Kier molecular flexibility index (Phi) is 13.9. The molecule has 0 aromatic heterocycles. The van der Waals surface area contributed by atoms with Crippen LogP contribution in [0.15, 0.2) is 109 Å². The maximum atomic E-state index is 13.9. The SMILES string of the molecule is CC(=O)c1ccc(/C=C/CO[C@@H](C(=O)N[C@H]2Cc3ccccc3[C@H]2O)[C@H](O)[C@@H](O)[C@@H](OC/C=C/c2ccc(C(C)=O)cc2)C(=O)N[C@H]2Cc3ccccc3[C@H]2O)cc1. The van der Waals surface area contributed by atoms with E-state index < -0.39 is 60.5 Å². The van der Waals surface area contributed by atoms with Crippen LogP contribution in [0, 0.1) is 0 Å². The van der Waals surface area contributed by atoms with E-state index in [1.165, 1.54) is 13.8 Å². The van der Waals surface area contributed by atoms with Crippen molar-refractivity contribution in [3.63, 3.8) is 0 Å². The van der Waals surface area contributed by atoms with Crippen molar-refractivity contribution in [2.45, 2.75) is 75.4 Å². The molecule has 0 heterocycles. The maximum Gasteiger partial charge on any atom is 0.252 e. The lowest BCUT2D eigenvalue weighted by molar-refractivity contribution is -0.166. The van der Waals surface area contributed by atoms with Crippen molar-refractivity contribution < 1.29 is 49.1 Å². The van der Waals surface area contributed by atoms with E-state index >= 15 is 0 Å². The van der Waals surface area contributed by atoms with Gasteiger partial charge in [0.05, 0.1) is 37.5 Å². The summed E-state index contributed by atoms with van der Waals surface area (Å²) in [4.78, 5) is 51.3. The van der Waals surface area contributed by atoms with E-state index in [4.69, 9.17) is 9.47 Å². The summed E-state index contributed by atoms with van der Waals surface area (Å²) in [6.07, 6.45) is -2.38. The average Bonchev–Trinajstić information content (AvgIpc) is 3.71. The molecule has 6 N–H and O–H groups in total. The Morgan fingerprint density at radius 2 is 0.966 bits per heavy atom. The van der Waals surface area contributed by atoms with Gasteiger partial charge in [-0.1, -0.05) is 121 Å². The third-order valence-corrected chi connectivity index (χ3v) is 10.5. The summed E-state index contributed by atoms with van der Waals surface area (Å²) in [5, 5.41) is 51.0. The number of amides is 2. The Balaban J connectivity index is 1.21. The topological polar surface area (TPSA) is 192 Å². The molecular weight excluding hydrogens is 741 g/mol. The van der Waals surface area contributed by atoms with Crippen molar-refractivity contribution in [3.05, 3.63) is 154 Å². The summed E-state index contributed by atoms with van der Waals surface area (Å²) in [5.74, 6) is -1.82. The van der Waals surface area contributed by atoms with Gasteiger partial charge in [0, 0.05) is 11.1 Å². The van der Waals surface area contributed by atoms with E-state index in [0.717, 1.165) is 22.3 Å². The highest BCUT2D eigenvalue weighted by molar-refractivity contribution is 5.94. The number of aliphatic hydroxyl groups is 4. The van der Waals surface area contributed by atoms with E-state index in [0.29, 0.717) is 35.1 Å². The van der Waals surface area contributed by atoms with Crippen molar-refractivity contribution in [2.24, 2.45) is 0 Å². The first kappa shape index (κ1) is 42.0. The Bertz CT molecular complexity index is 2000. The number of hydrogen-bond donors (Lipinski definition) is 6. The van der Waals surface area contributed by atoms with E-state index in [2.05, 4.69) is 10.6 Å². The van der Waals surface area contributed by atoms with E-state index in [1.807, 2.05) is 24.3 Å². The summed E-state index contributed by atoms with van der Waals surface area (Å²) in [5.41, 5.74) is 5.60. The number of fused-ring (bicyclic) bond motifs is 2. The summed E-state index contributed by atoms with van der Waals surface area (Å²) in [6.45, 7) is 2.52. The number of hydrogen-bond acceptors (Lipinski definition) is 10. The van der Waals surface area contributed by atoms with Crippen molar-refractivity contribution in [3.8, 4) is 0 Å². The van der Waals surface area contributed by atoms with Crippen molar-refractivity contribution in [1.29, 1.82) is 0 Å². The molecule has 0 radical (unpaired) electrons. The number of rotatable bonds is 17. The van der Waals surface area contributed by atoms with Crippen molar-refractivity contribution in [1.82, 2.24) is 10.6 Å².